The SMILES string of the molecule is COC(=O)c1cccc(NC(=O)c2ccc(Cn3ccnc3C)cc2)c1C. The zero-order valence-corrected chi connectivity index (χ0v) is 15.5. The second-order valence-corrected chi connectivity index (χ2v) is 6.22. The number of hydrogen-bond acceptors (Lipinski definition) is 4. The van der Waals surface area contributed by atoms with Gasteiger partial charge in [-0.05, 0) is 49.2 Å². The van der Waals surface area contributed by atoms with E-state index in [1.807, 2.05) is 29.8 Å². The Morgan fingerprint density at radius 3 is 2.48 bits per heavy atom. The summed E-state index contributed by atoms with van der Waals surface area (Å²) >= 11 is 0. The Labute approximate surface area is 157 Å². The molecule has 2 aromatic carbocycles. The van der Waals surface area contributed by atoms with Gasteiger partial charge in [-0.3, -0.25) is 4.79 Å². The third-order valence-electron chi connectivity index (χ3n) is 4.48. The van der Waals surface area contributed by atoms with E-state index >= 15 is 0 Å². The van der Waals surface area contributed by atoms with Crippen molar-refractivity contribution < 1.29 is 14.3 Å². The van der Waals surface area contributed by atoms with Crippen LogP contribution >= 0.6 is 0 Å². The Morgan fingerprint density at radius 2 is 1.85 bits per heavy atom. The molecule has 0 saturated heterocycles. The van der Waals surface area contributed by atoms with E-state index < -0.39 is 5.97 Å². The molecular weight excluding hydrogens is 342 g/mol. The molecule has 0 fully saturated rings. The molecule has 27 heavy (non-hydrogen) atoms. The number of esters is 1. The maximum Gasteiger partial charge on any atom is 0.338 e. The number of aromatic nitrogens is 2. The normalized spacial score (nSPS) is 10.5. The molecule has 1 amide bonds. The van der Waals surface area contributed by atoms with Crippen LogP contribution in [0.4, 0.5) is 5.69 Å². The molecule has 0 unspecified atom stereocenters. The molecule has 0 bridgehead atoms. The van der Waals surface area contributed by atoms with Gasteiger partial charge in [-0.15, -0.1) is 0 Å². The largest absolute Gasteiger partial charge is 0.465 e. The fraction of sp³-hybridized carbons (Fsp3) is 0.190. The Bertz CT molecular complexity index is 975. The fourth-order valence-electron chi connectivity index (χ4n) is 2.83. The topological polar surface area (TPSA) is 73.2 Å². The van der Waals surface area contributed by atoms with Crippen molar-refractivity contribution >= 4 is 17.6 Å². The number of ether oxygens (including phenoxy) is 1. The predicted molar refractivity (Wildman–Crippen MR) is 103 cm³/mol. The lowest BCUT2D eigenvalue weighted by atomic mass is 10.1. The van der Waals surface area contributed by atoms with Gasteiger partial charge in [0, 0.05) is 30.2 Å². The minimum atomic E-state index is -0.428. The summed E-state index contributed by atoms with van der Waals surface area (Å²) in [5.74, 6) is 0.283. The van der Waals surface area contributed by atoms with Crippen molar-refractivity contribution in [1.29, 1.82) is 0 Å². The van der Waals surface area contributed by atoms with Gasteiger partial charge < -0.3 is 14.6 Å². The second kappa shape index (κ2) is 7.86. The summed E-state index contributed by atoms with van der Waals surface area (Å²) < 4.78 is 6.81. The van der Waals surface area contributed by atoms with Crippen LogP contribution in [0.25, 0.3) is 0 Å². The summed E-state index contributed by atoms with van der Waals surface area (Å²) in [6.07, 6.45) is 3.69. The molecule has 6 heteroatoms. The molecule has 0 radical (unpaired) electrons. The van der Waals surface area contributed by atoms with Gasteiger partial charge >= 0.3 is 5.97 Å². The van der Waals surface area contributed by atoms with Crippen molar-refractivity contribution in [2.45, 2.75) is 20.4 Å². The maximum atomic E-state index is 12.6. The summed E-state index contributed by atoms with van der Waals surface area (Å²) in [6.45, 7) is 4.43. The van der Waals surface area contributed by atoms with Gasteiger partial charge in [-0.2, -0.15) is 0 Å². The number of anilines is 1. The van der Waals surface area contributed by atoms with Gasteiger partial charge in [-0.1, -0.05) is 18.2 Å². The van der Waals surface area contributed by atoms with E-state index in [1.54, 1.807) is 43.5 Å². The first-order valence-corrected chi connectivity index (χ1v) is 8.55. The van der Waals surface area contributed by atoms with Gasteiger partial charge in [0.1, 0.15) is 5.82 Å². The van der Waals surface area contributed by atoms with Crippen LogP contribution in [0.5, 0.6) is 0 Å². The minimum absolute atomic E-state index is 0.231. The van der Waals surface area contributed by atoms with E-state index in [0.29, 0.717) is 28.9 Å². The molecule has 0 saturated carbocycles. The lowest BCUT2D eigenvalue weighted by molar-refractivity contribution is 0.0599. The number of nitrogens with one attached hydrogen (secondary N) is 1. The Kier molecular flexibility index (Phi) is 5.35. The summed E-state index contributed by atoms with van der Waals surface area (Å²) in [6, 6.07) is 12.6. The Balaban J connectivity index is 1.73. The molecule has 1 N–H and O–H groups in total. The third kappa shape index (κ3) is 4.06. The molecule has 138 valence electrons. The molecule has 3 aromatic rings. The number of aryl methyl sites for hydroxylation is 1. The minimum Gasteiger partial charge on any atom is -0.465 e. The first-order chi connectivity index (χ1) is 13.0. The number of carbonyl (C=O) groups excluding carboxylic acids is 2. The third-order valence-corrected chi connectivity index (χ3v) is 4.48. The van der Waals surface area contributed by atoms with Gasteiger partial charge in [0.2, 0.25) is 0 Å². The van der Waals surface area contributed by atoms with Crippen LogP contribution in [0.3, 0.4) is 0 Å². The van der Waals surface area contributed by atoms with Crippen LogP contribution in [0, 0.1) is 13.8 Å². The maximum absolute atomic E-state index is 12.6. The van der Waals surface area contributed by atoms with Crippen molar-refractivity contribution in [2.24, 2.45) is 0 Å². The van der Waals surface area contributed by atoms with Gasteiger partial charge in [0.05, 0.1) is 12.7 Å². The lowest BCUT2D eigenvalue weighted by Crippen LogP contribution is -2.14. The number of carbonyl (C=O) groups is 2. The number of methoxy groups -OCH3 is 1. The second-order valence-electron chi connectivity index (χ2n) is 6.22. The van der Waals surface area contributed by atoms with E-state index in [4.69, 9.17) is 4.74 Å². The van der Waals surface area contributed by atoms with Crippen molar-refractivity contribution in [1.82, 2.24) is 9.55 Å². The van der Waals surface area contributed by atoms with E-state index in [-0.39, 0.29) is 5.91 Å². The number of hydrogen-bond donors (Lipinski definition) is 1. The highest BCUT2D eigenvalue weighted by Gasteiger charge is 2.14. The molecule has 3 rings (SSSR count). The number of rotatable bonds is 5. The quantitative estimate of drug-likeness (QED) is 0.703. The number of amides is 1. The zero-order chi connectivity index (χ0) is 19.4. The molecule has 1 heterocycles. The monoisotopic (exact) mass is 363 g/mol. The summed E-state index contributed by atoms with van der Waals surface area (Å²) in [4.78, 5) is 28.6. The van der Waals surface area contributed by atoms with Crippen LogP contribution in [0.1, 0.15) is 37.7 Å². The average Bonchev–Trinajstić information content (AvgIpc) is 3.08. The number of nitrogens with zero attached hydrogens (tertiary/aromatic N) is 2. The molecule has 6 nitrogen and oxygen atoms in total. The van der Waals surface area contributed by atoms with Gasteiger partial charge in [0.25, 0.3) is 5.91 Å². The molecule has 0 aliphatic heterocycles. The Hall–Kier alpha value is -3.41. The molecule has 0 aliphatic rings. The highest BCUT2D eigenvalue weighted by Crippen LogP contribution is 2.20. The summed E-state index contributed by atoms with van der Waals surface area (Å²) in [7, 11) is 1.33. The standard InChI is InChI=1S/C21H21N3O3/c1-14-18(21(26)27-3)5-4-6-19(14)23-20(25)17-9-7-16(8-10-17)13-24-12-11-22-15(24)2/h4-12H,13H2,1-3H3,(H,23,25). The zero-order valence-electron chi connectivity index (χ0n) is 15.5. The first-order valence-electron chi connectivity index (χ1n) is 8.55. The smallest absolute Gasteiger partial charge is 0.338 e. The summed E-state index contributed by atoms with van der Waals surface area (Å²) in [5.41, 5.74) is 3.31. The van der Waals surface area contributed by atoms with Crippen LogP contribution in [-0.2, 0) is 11.3 Å². The lowest BCUT2D eigenvalue weighted by Gasteiger charge is -2.12. The summed E-state index contributed by atoms with van der Waals surface area (Å²) in [5, 5.41) is 2.86. The number of benzene rings is 2. The van der Waals surface area contributed by atoms with Crippen molar-refractivity contribution in [3.8, 4) is 0 Å². The van der Waals surface area contributed by atoms with Crippen LogP contribution < -0.4 is 5.32 Å². The van der Waals surface area contributed by atoms with Crippen molar-refractivity contribution in [3.05, 3.63) is 82.9 Å². The molecule has 1 aromatic heterocycles. The predicted octanol–water partition coefficient (Wildman–Crippen LogP) is 3.59. The van der Waals surface area contributed by atoms with Crippen molar-refractivity contribution in [3.63, 3.8) is 0 Å². The highest BCUT2D eigenvalue weighted by molar-refractivity contribution is 6.05. The molecule has 0 atom stereocenters. The fourth-order valence-corrected chi connectivity index (χ4v) is 2.83. The van der Waals surface area contributed by atoms with Crippen LogP contribution in [0.2, 0.25) is 0 Å². The number of imidazole rings is 1. The molecular formula is C21H21N3O3. The Morgan fingerprint density at radius 1 is 1.11 bits per heavy atom. The van der Waals surface area contributed by atoms with Gasteiger partial charge in [0.15, 0.2) is 0 Å². The first kappa shape index (κ1) is 18.4. The van der Waals surface area contributed by atoms with Crippen LogP contribution in [0.15, 0.2) is 54.9 Å². The molecule has 0 aliphatic carbocycles. The van der Waals surface area contributed by atoms with E-state index in [2.05, 4.69) is 10.3 Å². The van der Waals surface area contributed by atoms with E-state index in [9.17, 15) is 9.59 Å². The van der Waals surface area contributed by atoms with E-state index in [0.717, 1.165) is 11.4 Å². The molecule has 0 spiro atoms. The van der Waals surface area contributed by atoms with Crippen LogP contribution in [-0.4, -0.2) is 28.5 Å². The van der Waals surface area contributed by atoms with Gasteiger partial charge in [-0.25, -0.2) is 9.78 Å². The van der Waals surface area contributed by atoms with Crippen molar-refractivity contribution in [2.75, 3.05) is 12.4 Å². The van der Waals surface area contributed by atoms with E-state index in [1.165, 1.54) is 7.11 Å². The average molecular weight is 363 g/mol. The highest BCUT2D eigenvalue weighted by atomic mass is 16.5.